The van der Waals surface area contributed by atoms with Crippen LogP contribution < -0.4 is 11.1 Å². The molecule has 3 N–H and O–H groups in total. The van der Waals surface area contributed by atoms with Gasteiger partial charge in [0.25, 0.3) is 5.91 Å². The maximum atomic E-state index is 12.5. The Morgan fingerprint density at radius 3 is 2.95 bits per heavy atom. The van der Waals surface area contributed by atoms with Gasteiger partial charge in [-0.2, -0.15) is 0 Å². The second-order valence-electron chi connectivity index (χ2n) is 5.87. The van der Waals surface area contributed by atoms with Crippen molar-refractivity contribution >= 4 is 11.8 Å². The highest BCUT2D eigenvalue weighted by molar-refractivity contribution is 6.09. The van der Waals surface area contributed by atoms with Crippen LogP contribution in [-0.4, -0.2) is 35.8 Å². The molecule has 2 heterocycles. The molecule has 21 heavy (non-hydrogen) atoms. The monoisotopic (exact) mass is 287 g/mol. The number of nitrogens with one attached hydrogen (secondary N) is 1. The molecule has 1 atom stereocenters. The van der Waals surface area contributed by atoms with E-state index in [1.807, 2.05) is 11.0 Å². The first-order valence-corrected chi connectivity index (χ1v) is 7.61. The molecular formula is C16H21N3O2. The summed E-state index contributed by atoms with van der Waals surface area (Å²) in [4.78, 5) is 25.8. The molecule has 0 bridgehead atoms. The lowest BCUT2D eigenvalue weighted by molar-refractivity contribution is 0.0766. The number of nitrogens with two attached hydrogens (primary N) is 1. The van der Waals surface area contributed by atoms with Crippen molar-refractivity contribution in [2.24, 2.45) is 5.73 Å². The van der Waals surface area contributed by atoms with Crippen molar-refractivity contribution in [2.45, 2.75) is 38.3 Å². The second kappa shape index (κ2) is 5.85. The number of piperidine rings is 1. The quantitative estimate of drug-likeness (QED) is 0.875. The Labute approximate surface area is 124 Å². The van der Waals surface area contributed by atoms with E-state index in [2.05, 4.69) is 5.32 Å². The van der Waals surface area contributed by atoms with Crippen molar-refractivity contribution in [3.05, 3.63) is 34.9 Å². The number of hydrogen-bond acceptors (Lipinski definition) is 3. The number of benzene rings is 1. The van der Waals surface area contributed by atoms with Crippen molar-refractivity contribution < 1.29 is 9.59 Å². The fourth-order valence-electron chi connectivity index (χ4n) is 3.29. The van der Waals surface area contributed by atoms with Gasteiger partial charge in [0, 0.05) is 19.1 Å². The van der Waals surface area contributed by atoms with Crippen LogP contribution in [0.15, 0.2) is 18.2 Å². The third kappa shape index (κ3) is 2.78. The molecule has 1 fully saturated rings. The molecule has 0 aliphatic carbocycles. The standard InChI is InChI=1S/C16H21N3O2/c17-15(20)13-6-3-4-11-10-19(16(21)14(11)13)9-7-12-5-1-2-8-18-12/h3-4,6,12,18H,1-2,5,7-10H2,(H2,17,20)/t12-/m1/s1. The van der Waals surface area contributed by atoms with E-state index >= 15 is 0 Å². The van der Waals surface area contributed by atoms with E-state index in [4.69, 9.17) is 5.73 Å². The average molecular weight is 287 g/mol. The van der Waals surface area contributed by atoms with Gasteiger partial charge in [0.1, 0.15) is 0 Å². The Hall–Kier alpha value is -1.88. The van der Waals surface area contributed by atoms with Crippen molar-refractivity contribution in [1.29, 1.82) is 0 Å². The average Bonchev–Trinajstić information content (AvgIpc) is 2.83. The van der Waals surface area contributed by atoms with Gasteiger partial charge in [-0.25, -0.2) is 0 Å². The molecule has 1 saturated heterocycles. The van der Waals surface area contributed by atoms with Gasteiger partial charge in [-0.15, -0.1) is 0 Å². The molecule has 2 aliphatic rings. The minimum Gasteiger partial charge on any atom is -0.366 e. The predicted octanol–water partition coefficient (Wildman–Crippen LogP) is 1.27. The maximum Gasteiger partial charge on any atom is 0.255 e. The zero-order valence-corrected chi connectivity index (χ0v) is 12.1. The lowest BCUT2D eigenvalue weighted by atomic mass is 10.0. The molecule has 3 rings (SSSR count). The van der Waals surface area contributed by atoms with Crippen LogP contribution in [0, 0.1) is 0 Å². The highest BCUT2D eigenvalue weighted by Crippen LogP contribution is 2.26. The number of hydrogen-bond donors (Lipinski definition) is 2. The number of rotatable bonds is 4. The minimum atomic E-state index is -0.531. The molecule has 5 nitrogen and oxygen atoms in total. The zero-order valence-electron chi connectivity index (χ0n) is 12.1. The lowest BCUT2D eigenvalue weighted by Gasteiger charge is -2.25. The van der Waals surface area contributed by atoms with Crippen molar-refractivity contribution in [3.63, 3.8) is 0 Å². The minimum absolute atomic E-state index is 0.0600. The first-order chi connectivity index (χ1) is 10.2. The Morgan fingerprint density at radius 2 is 2.24 bits per heavy atom. The van der Waals surface area contributed by atoms with E-state index in [1.54, 1.807) is 12.1 Å². The molecule has 0 aromatic heterocycles. The number of primary amides is 1. The van der Waals surface area contributed by atoms with Crippen LogP contribution in [0.2, 0.25) is 0 Å². The fourth-order valence-corrected chi connectivity index (χ4v) is 3.29. The first-order valence-electron chi connectivity index (χ1n) is 7.61. The Kier molecular flexibility index (Phi) is 3.92. The summed E-state index contributed by atoms with van der Waals surface area (Å²) in [6, 6.07) is 5.83. The number of amides is 2. The maximum absolute atomic E-state index is 12.5. The third-order valence-electron chi connectivity index (χ3n) is 4.44. The molecule has 2 aliphatic heterocycles. The van der Waals surface area contributed by atoms with E-state index in [-0.39, 0.29) is 5.91 Å². The van der Waals surface area contributed by atoms with Crippen molar-refractivity contribution in [2.75, 3.05) is 13.1 Å². The Bertz CT molecular complexity index is 565. The number of carbonyl (C=O) groups excluding carboxylic acids is 2. The smallest absolute Gasteiger partial charge is 0.255 e. The van der Waals surface area contributed by atoms with Gasteiger partial charge in [-0.1, -0.05) is 18.6 Å². The predicted molar refractivity (Wildman–Crippen MR) is 80.0 cm³/mol. The topological polar surface area (TPSA) is 75.4 Å². The van der Waals surface area contributed by atoms with Gasteiger partial charge in [0.15, 0.2) is 0 Å². The van der Waals surface area contributed by atoms with Gasteiger partial charge < -0.3 is 16.0 Å². The number of carbonyl (C=O) groups is 2. The molecule has 1 aromatic carbocycles. The van der Waals surface area contributed by atoms with Gasteiger partial charge in [0.05, 0.1) is 11.1 Å². The number of fused-ring (bicyclic) bond motifs is 1. The van der Waals surface area contributed by atoms with Gasteiger partial charge in [-0.05, 0) is 37.4 Å². The van der Waals surface area contributed by atoms with Gasteiger partial charge in [-0.3, -0.25) is 9.59 Å². The summed E-state index contributed by atoms with van der Waals surface area (Å²) in [5.74, 6) is -0.591. The van der Waals surface area contributed by atoms with Crippen LogP contribution in [-0.2, 0) is 6.54 Å². The van der Waals surface area contributed by atoms with E-state index in [0.29, 0.717) is 23.7 Å². The van der Waals surface area contributed by atoms with Crippen LogP contribution >= 0.6 is 0 Å². The molecule has 0 radical (unpaired) electrons. The van der Waals surface area contributed by atoms with Crippen molar-refractivity contribution in [3.8, 4) is 0 Å². The summed E-state index contributed by atoms with van der Waals surface area (Å²) >= 11 is 0. The summed E-state index contributed by atoms with van der Waals surface area (Å²) in [7, 11) is 0. The van der Waals surface area contributed by atoms with Gasteiger partial charge >= 0.3 is 0 Å². The van der Waals surface area contributed by atoms with Crippen molar-refractivity contribution in [1.82, 2.24) is 10.2 Å². The fraction of sp³-hybridized carbons (Fsp3) is 0.500. The van der Waals surface area contributed by atoms with Crippen LogP contribution in [0.25, 0.3) is 0 Å². The van der Waals surface area contributed by atoms with Crippen LogP contribution in [0.5, 0.6) is 0 Å². The van der Waals surface area contributed by atoms with E-state index < -0.39 is 5.91 Å². The third-order valence-corrected chi connectivity index (χ3v) is 4.44. The van der Waals surface area contributed by atoms with Crippen LogP contribution in [0.3, 0.4) is 0 Å². The summed E-state index contributed by atoms with van der Waals surface area (Å²) in [6.07, 6.45) is 4.65. The van der Waals surface area contributed by atoms with E-state index in [1.165, 1.54) is 19.3 Å². The lowest BCUT2D eigenvalue weighted by Crippen LogP contribution is -2.37. The SMILES string of the molecule is NC(=O)c1cccc2c1C(=O)N(CC[C@H]1CCCCN1)C2. The summed E-state index contributed by atoms with van der Waals surface area (Å²) in [5, 5.41) is 3.50. The molecule has 0 saturated carbocycles. The van der Waals surface area contributed by atoms with Crippen LogP contribution in [0.4, 0.5) is 0 Å². The van der Waals surface area contributed by atoms with E-state index in [0.717, 1.165) is 25.1 Å². The highest BCUT2D eigenvalue weighted by Gasteiger charge is 2.31. The summed E-state index contributed by atoms with van der Waals surface area (Å²) < 4.78 is 0. The molecule has 2 amide bonds. The zero-order chi connectivity index (χ0) is 14.8. The summed E-state index contributed by atoms with van der Waals surface area (Å²) in [5.41, 5.74) is 7.12. The summed E-state index contributed by atoms with van der Waals surface area (Å²) in [6.45, 7) is 2.38. The highest BCUT2D eigenvalue weighted by atomic mass is 16.2. The molecule has 5 heteroatoms. The molecular weight excluding hydrogens is 266 g/mol. The Balaban J connectivity index is 1.69. The largest absolute Gasteiger partial charge is 0.366 e. The molecule has 112 valence electrons. The van der Waals surface area contributed by atoms with Gasteiger partial charge in [0.2, 0.25) is 5.91 Å². The molecule has 0 spiro atoms. The number of nitrogens with zero attached hydrogens (tertiary/aromatic N) is 1. The van der Waals surface area contributed by atoms with Crippen LogP contribution in [0.1, 0.15) is 52.0 Å². The van der Waals surface area contributed by atoms with E-state index in [9.17, 15) is 9.59 Å². The normalized spacial score (nSPS) is 21.4. The molecule has 0 unspecified atom stereocenters. The second-order valence-corrected chi connectivity index (χ2v) is 5.87. The Morgan fingerprint density at radius 1 is 1.38 bits per heavy atom. The molecule has 1 aromatic rings. The first kappa shape index (κ1) is 14.1.